The van der Waals surface area contributed by atoms with Gasteiger partial charge in [-0.1, -0.05) is 6.07 Å². The molecule has 1 aliphatic rings. The summed E-state index contributed by atoms with van der Waals surface area (Å²) in [6, 6.07) is 4.81. The molecular weight excluding hydrogens is 325 g/mol. The van der Waals surface area contributed by atoms with E-state index in [-0.39, 0.29) is 6.04 Å². The zero-order chi connectivity index (χ0) is 16.6. The van der Waals surface area contributed by atoms with Crippen LogP contribution in [0, 0.1) is 0 Å². The molecule has 2 aromatic rings. The number of anilines is 1. The highest BCUT2D eigenvalue weighted by Crippen LogP contribution is 2.39. The van der Waals surface area contributed by atoms with Crippen molar-refractivity contribution in [3.8, 4) is 0 Å². The Morgan fingerprint density at radius 1 is 1.43 bits per heavy atom. The fourth-order valence-electron chi connectivity index (χ4n) is 3.12. The molecule has 2 heterocycles. The van der Waals surface area contributed by atoms with E-state index in [2.05, 4.69) is 5.32 Å². The van der Waals surface area contributed by atoms with Gasteiger partial charge in [0.05, 0.1) is 11.7 Å². The Morgan fingerprint density at radius 2 is 2.22 bits per heavy atom. The van der Waals surface area contributed by atoms with Gasteiger partial charge in [0, 0.05) is 30.5 Å². The predicted octanol–water partition coefficient (Wildman–Crippen LogP) is 3.83. The lowest BCUT2D eigenvalue weighted by Crippen LogP contribution is -2.46. The fourth-order valence-corrected chi connectivity index (χ4v) is 4.47. The van der Waals surface area contributed by atoms with Crippen molar-refractivity contribution in [2.45, 2.75) is 31.5 Å². The Bertz CT molecular complexity index is 691. The molecule has 3 atom stereocenters. The van der Waals surface area contributed by atoms with Crippen LogP contribution in [0.3, 0.4) is 0 Å². The molecule has 0 amide bonds. The summed E-state index contributed by atoms with van der Waals surface area (Å²) in [5.74, 6) is 0. The maximum atomic E-state index is 14.2. The molecule has 0 radical (unpaired) electrons. The van der Waals surface area contributed by atoms with Gasteiger partial charge in [0.1, 0.15) is 11.6 Å². The molecule has 1 fully saturated rings. The molecule has 1 unspecified atom stereocenters. The van der Waals surface area contributed by atoms with E-state index in [0.29, 0.717) is 34.3 Å². The van der Waals surface area contributed by atoms with Gasteiger partial charge in [0.25, 0.3) is 0 Å². The molecule has 0 aliphatic carbocycles. The highest BCUT2D eigenvalue weighted by atomic mass is 32.2. The van der Waals surface area contributed by atoms with E-state index in [9.17, 15) is 17.7 Å². The van der Waals surface area contributed by atoms with E-state index in [1.807, 2.05) is 11.9 Å². The van der Waals surface area contributed by atoms with E-state index >= 15 is 0 Å². The number of halogens is 3. The maximum absolute atomic E-state index is 14.2. The Labute approximate surface area is 135 Å². The Kier molecular flexibility index (Phi) is 4.79. The van der Waals surface area contributed by atoms with Crippen molar-refractivity contribution in [3.63, 3.8) is 0 Å². The lowest BCUT2D eigenvalue weighted by atomic mass is 10.0. The average Bonchev–Trinajstić information content (AvgIpc) is 2.79. The number of piperidine rings is 1. The van der Waals surface area contributed by atoms with Crippen molar-refractivity contribution < 1.29 is 17.7 Å². The first-order chi connectivity index (χ1) is 11.0. The SMILES string of the molecule is CN1CC[C@H](Nc2cccc3c(CC(F)F)c[s+]([O-])c23)[C@H](F)C1. The minimum Gasteiger partial charge on any atom is -0.590 e. The van der Waals surface area contributed by atoms with Gasteiger partial charge in [0.2, 0.25) is 11.1 Å². The topological polar surface area (TPSA) is 38.3 Å². The number of likely N-dealkylation sites (tertiary alicyclic amines) is 1. The highest BCUT2D eigenvalue weighted by molar-refractivity contribution is 7.30. The third kappa shape index (κ3) is 3.46. The number of rotatable bonds is 4. The summed E-state index contributed by atoms with van der Waals surface area (Å²) in [7, 11) is 0.404. The molecule has 3 rings (SSSR count). The normalized spacial score (nSPS) is 23.7. The first-order valence-electron chi connectivity index (χ1n) is 7.57. The lowest BCUT2D eigenvalue weighted by Gasteiger charge is -2.33. The van der Waals surface area contributed by atoms with Gasteiger partial charge in [-0.3, -0.25) is 0 Å². The first-order valence-corrected chi connectivity index (χ1v) is 8.79. The summed E-state index contributed by atoms with van der Waals surface area (Å²) < 4.78 is 52.3. The van der Waals surface area contributed by atoms with Crippen LogP contribution >= 0.6 is 10.8 Å². The number of fused-ring (bicyclic) bond motifs is 1. The van der Waals surface area contributed by atoms with Crippen molar-refractivity contribution in [2.75, 3.05) is 25.5 Å². The zero-order valence-electron chi connectivity index (χ0n) is 12.8. The van der Waals surface area contributed by atoms with Crippen LogP contribution in [0.2, 0.25) is 0 Å². The molecule has 0 bridgehead atoms. The van der Waals surface area contributed by atoms with Gasteiger partial charge in [-0.25, -0.2) is 13.2 Å². The fraction of sp³-hybridized carbons (Fsp3) is 0.500. The van der Waals surface area contributed by atoms with Crippen LogP contribution in [0.15, 0.2) is 23.6 Å². The van der Waals surface area contributed by atoms with Gasteiger partial charge in [0.15, 0.2) is 0 Å². The van der Waals surface area contributed by atoms with Crippen molar-refractivity contribution >= 4 is 26.5 Å². The monoisotopic (exact) mass is 344 g/mol. The second kappa shape index (κ2) is 6.67. The van der Waals surface area contributed by atoms with Crippen LogP contribution < -0.4 is 5.32 Å². The van der Waals surface area contributed by atoms with Crippen LogP contribution in [-0.2, 0) is 6.42 Å². The smallest absolute Gasteiger partial charge is 0.242 e. The molecule has 0 spiro atoms. The summed E-state index contributed by atoms with van der Waals surface area (Å²) in [6.07, 6.45) is -3.27. The number of thiophene rings is 1. The number of hydrogen-bond donors (Lipinski definition) is 1. The third-order valence-electron chi connectivity index (χ3n) is 4.27. The minimum absolute atomic E-state index is 0.352. The van der Waals surface area contributed by atoms with E-state index < -0.39 is 29.8 Å². The van der Waals surface area contributed by atoms with Gasteiger partial charge in [-0.05, 0) is 36.4 Å². The van der Waals surface area contributed by atoms with E-state index in [0.717, 1.165) is 6.54 Å². The number of nitrogens with one attached hydrogen (secondary N) is 1. The molecule has 3 nitrogen and oxygen atoms in total. The van der Waals surface area contributed by atoms with Crippen LogP contribution in [-0.4, -0.2) is 48.2 Å². The van der Waals surface area contributed by atoms with Gasteiger partial charge in [-0.2, -0.15) is 0 Å². The van der Waals surface area contributed by atoms with Crippen molar-refractivity contribution in [1.82, 2.24) is 4.90 Å². The van der Waals surface area contributed by atoms with Gasteiger partial charge < -0.3 is 14.8 Å². The molecule has 1 aliphatic heterocycles. The average molecular weight is 344 g/mol. The number of nitrogens with zero attached hydrogens (tertiary/aromatic N) is 1. The standard InChI is InChI=1S/C16H19F3N2OS/c1-21-6-5-13(12(17)8-21)20-14-4-2-3-11-10(7-15(18)19)9-23(22)16(11)14/h2-4,9,12-13,15,20H,5-8H2,1H3/t12-,13+,23?/m1/s1. The van der Waals surface area contributed by atoms with Crippen molar-refractivity contribution in [3.05, 3.63) is 29.1 Å². The molecule has 126 valence electrons. The summed E-state index contributed by atoms with van der Waals surface area (Å²) in [5.41, 5.74) is 0.982. The maximum Gasteiger partial charge on any atom is 0.242 e. The van der Waals surface area contributed by atoms with E-state index in [1.165, 1.54) is 5.38 Å². The first kappa shape index (κ1) is 16.5. The zero-order valence-corrected chi connectivity index (χ0v) is 13.6. The summed E-state index contributed by atoms with van der Waals surface area (Å²) in [6.45, 7) is 1.13. The Balaban J connectivity index is 1.91. The van der Waals surface area contributed by atoms with Crippen LogP contribution in [0.4, 0.5) is 18.9 Å². The molecule has 1 aromatic carbocycles. The van der Waals surface area contributed by atoms with Crippen molar-refractivity contribution in [2.24, 2.45) is 0 Å². The lowest BCUT2D eigenvalue weighted by molar-refractivity contribution is 0.149. The van der Waals surface area contributed by atoms with Crippen LogP contribution in [0.1, 0.15) is 12.0 Å². The largest absolute Gasteiger partial charge is 0.590 e. The van der Waals surface area contributed by atoms with Crippen LogP contribution in [0.25, 0.3) is 10.1 Å². The summed E-state index contributed by atoms with van der Waals surface area (Å²) >= 11 is 0. The predicted molar refractivity (Wildman–Crippen MR) is 86.7 cm³/mol. The van der Waals surface area contributed by atoms with Crippen LogP contribution in [0.5, 0.6) is 0 Å². The number of alkyl halides is 3. The molecule has 23 heavy (non-hydrogen) atoms. The summed E-state index contributed by atoms with van der Waals surface area (Å²) in [4.78, 5) is 1.93. The Morgan fingerprint density at radius 3 is 2.91 bits per heavy atom. The number of hydrogen-bond acceptors (Lipinski definition) is 3. The Hall–Kier alpha value is -1.31. The highest BCUT2D eigenvalue weighted by Gasteiger charge is 2.29. The van der Waals surface area contributed by atoms with Crippen molar-refractivity contribution in [1.29, 1.82) is 0 Å². The molecule has 0 saturated carbocycles. The molecular formula is C16H19F3N2OS. The number of benzene rings is 1. The third-order valence-corrected chi connectivity index (χ3v) is 5.61. The molecule has 1 aromatic heterocycles. The quantitative estimate of drug-likeness (QED) is 0.857. The molecule has 1 N–H and O–H groups in total. The second-order valence-electron chi connectivity index (χ2n) is 6.04. The second-order valence-corrected chi connectivity index (χ2v) is 7.27. The van der Waals surface area contributed by atoms with E-state index in [4.69, 9.17) is 0 Å². The minimum atomic E-state index is -2.48. The molecule has 1 saturated heterocycles. The molecule has 7 heteroatoms. The summed E-state index contributed by atoms with van der Waals surface area (Å²) in [5, 5.41) is 5.10. The van der Waals surface area contributed by atoms with Gasteiger partial charge in [-0.15, -0.1) is 0 Å². The van der Waals surface area contributed by atoms with Gasteiger partial charge >= 0.3 is 0 Å². The van der Waals surface area contributed by atoms with E-state index in [1.54, 1.807) is 18.2 Å².